The Morgan fingerprint density at radius 2 is 1.47 bits per heavy atom. The molecule has 0 saturated carbocycles. The van der Waals surface area contributed by atoms with Gasteiger partial charge in [0.25, 0.3) is 0 Å². The second-order valence-electron chi connectivity index (χ2n) is 5.00. The fourth-order valence-electron chi connectivity index (χ4n) is 2.90. The van der Waals surface area contributed by atoms with Crippen molar-refractivity contribution in [1.29, 1.82) is 0 Å². The zero-order valence-electron chi connectivity index (χ0n) is 10.2. The fourth-order valence-corrected chi connectivity index (χ4v) is 2.90. The van der Waals surface area contributed by atoms with Crippen LogP contribution < -0.4 is 0 Å². The van der Waals surface area contributed by atoms with Crippen molar-refractivity contribution in [2.75, 3.05) is 0 Å². The highest BCUT2D eigenvalue weighted by Gasteiger charge is 2.41. The van der Waals surface area contributed by atoms with E-state index in [1.165, 1.54) is 0 Å². The molecule has 0 unspecified atom stereocenters. The van der Waals surface area contributed by atoms with Crippen molar-refractivity contribution in [3.8, 4) is 0 Å². The lowest BCUT2D eigenvalue weighted by Gasteiger charge is -2.16. The normalized spacial score (nSPS) is 23.6. The number of fused-ring (bicyclic) bond motifs is 1. The molecule has 2 aliphatic carbocycles. The molecule has 3 rings (SSSR count). The lowest BCUT2D eigenvalue weighted by atomic mass is 9.84. The lowest BCUT2D eigenvalue weighted by molar-refractivity contribution is -0.116. The number of rotatable bonds is 0. The molecule has 0 spiro atoms. The predicted octanol–water partition coefficient (Wildman–Crippen LogP) is 2.29. The quantitative estimate of drug-likeness (QED) is 0.637. The Hall–Kier alpha value is -1.77. The van der Waals surface area contributed by atoms with Gasteiger partial charge in [-0.15, -0.1) is 0 Å². The van der Waals surface area contributed by atoms with E-state index in [0.717, 1.165) is 23.3 Å². The van der Waals surface area contributed by atoms with Crippen LogP contribution in [-0.2, 0) is 9.59 Å². The number of nitrogens with zero attached hydrogens (tertiary/aromatic N) is 1. The maximum absolute atomic E-state index is 12.4. The molecule has 0 bridgehead atoms. The summed E-state index contributed by atoms with van der Waals surface area (Å²) in [6.45, 7) is 5.72. The average molecular weight is 227 g/mol. The predicted molar refractivity (Wildman–Crippen MR) is 64.8 cm³/mol. The molecule has 3 nitrogen and oxygen atoms in total. The van der Waals surface area contributed by atoms with E-state index in [1.807, 2.05) is 20.8 Å². The number of allylic oxidation sites excluding steroid dienone is 5. The van der Waals surface area contributed by atoms with Gasteiger partial charge in [-0.05, 0) is 27.2 Å². The summed E-state index contributed by atoms with van der Waals surface area (Å²) in [6.07, 6.45) is 1.27. The first kappa shape index (κ1) is 10.4. The molecule has 0 atom stereocenters. The summed E-state index contributed by atoms with van der Waals surface area (Å²) in [7, 11) is 0. The van der Waals surface area contributed by atoms with E-state index in [0.29, 0.717) is 28.8 Å². The standard InChI is InChI=1S/C14H13NO2/c1-6-4-7(2)11-10(6)13(16)9-5-8(3)15-12(9)14(11)17/h4-5H2,1-3H3. The average Bonchev–Trinajstić information content (AvgIpc) is 2.76. The first-order chi connectivity index (χ1) is 8.00. The Morgan fingerprint density at radius 1 is 0.882 bits per heavy atom. The van der Waals surface area contributed by atoms with E-state index in [2.05, 4.69) is 4.99 Å². The number of ketones is 2. The smallest absolute Gasteiger partial charge is 0.212 e. The summed E-state index contributed by atoms with van der Waals surface area (Å²) in [5, 5.41) is 0. The van der Waals surface area contributed by atoms with Crippen LogP contribution >= 0.6 is 0 Å². The molecule has 3 heteroatoms. The number of carbonyl (C=O) groups excluding carboxylic acids is 2. The molecule has 0 aromatic rings. The van der Waals surface area contributed by atoms with Gasteiger partial charge < -0.3 is 0 Å². The molecular weight excluding hydrogens is 214 g/mol. The second kappa shape index (κ2) is 3.13. The van der Waals surface area contributed by atoms with Gasteiger partial charge in [-0.2, -0.15) is 0 Å². The van der Waals surface area contributed by atoms with Gasteiger partial charge in [0.2, 0.25) is 5.78 Å². The Bertz CT molecular complexity index is 612. The minimum atomic E-state index is -0.0548. The van der Waals surface area contributed by atoms with Crippen LogP contribution in [-0.4, -0.2) is 17.3 Å². The Kier molecular flexibility index (Phi) is 1.91. The van der Waals surface area contributed by atoms with Crippen molar-refractivity contribution in [2.24, 2.45) is 4.99 Å². The second-order valence-corrected chi connectivity index (χ2v) is 5.00. The van der Waals surface area contributed by atoms with E-state index in [9.17, 15) is 9.59 Å². The van der Waals surface area contributed by atoms with Gasteiger partial charge in [-0.1, -0.05) is 11.1 Å². The largest absolute Gasteiger partial charge is 0.289 e. The molecule has 0 radical (unpaired) electrons. The molecule has 0 aromatic carbocycles. The fraction of sp³-hybridized carbons (Fsp3) is 0.357. The van der Waals surface area contributed by atoms with Gasteiger partial charge in [0.15, 0.2) is 5.78 Å². The minimum Gasteiger partial charge on any atom is -0.289 e. The van der Waals surface area contributed by atoms with Crippen LogP contribution in [0.3, 0.4) is 0 Å². The molecule has 1 heterocycles. The SMILES string of the molecule is CC1=NC2=C(C1)C(=O)C1=C(C)CC(C)=C1C2=O. The monoisotopic (exact) mass is 227 g/mol. The molecule has 17 heavy (non-hydrogen) atoms. The third-order valence-corrected chi connectivity index (χ3v) is 3.60. The molecular formula is C14H13NO2. The van der Waals surface area contributed by atoms with Gasteiger partial charge in [0, 0.05) is 28.9 Å². The van der Waals surface area contributed by atoms with Crippen LogP contribution in [0.5, 0.6) is 0 Å². The number of Topliss-reactive ketones (excluding diaryl/α,β-unsaturated/α-hetero) is 2. The number of hydrogen-bond donors (Lipinski definition) is 0. The molecule has 1 aliphatic heterocycles. The van der Waals surface area contributed by atoms with Crippen LogP contribution in [0, 0.1) is 0 Å². The Labute approximate surface area is 99.6 Å². The van der Waals surface area contributed by atoms with Crippen molar-refractivity contribution < 1.29 is 9.59 Å². The van der Waals surface area contributed by atoms with Crippen LogP contribution in [0.4, 0.5) is 0 Å². The highest BCUT2D eigenvalue weighted by atomic mass is 16.1. The minimum absolute atomic E-state index is 0.0181. The van der Waals surface area contributed by atoms with Gasteiger partial charge in [-0.25, -0.2) is 0 Å². The molecule has 0 amide bonds. The Morgan fingerprint density at radius 3 is 2.12 bits per heavy atom. The zero-order chi connectivity index (χ0) is 12.3. The van der Waals surface area contributed by atoms with Crippen molar-refractivity contribution in [3.05, 3.63) is 33.6 Å². The molecule has 0 saturated heterocycles. The number of carbonyl (C=O) groups is 2. The van der Waals surface area contributed by atoms with Crippen LogP contribution in [0.25, 0.3) is 0 Å². The van der Waals surface area contributed by atoms with Crippen molar-refractivity contribution >= 4 is 17.3 Å². The van der Waals surface area contributed by atoms with Gasteiger partial charge in [-0.3, -0.25) is 14.6 Å². The van der Waals surface area contributed by atoms with Crippen molar-refractivity contribution in [3.63, 3.8) is 0 Å². The number of aliphatic imine (C=N–C) groups is 1. The lowest BCUT2D eigenvalue weighted by Crippen LogP contribution is -2.22. The van der Waals surface area contributed by atoms with E-state index in [-0.39, 0.29) is 11.6 Å². The van der Waals surface area contributed by atoms with Crippen LogP contribution in [0.15, 0.2) is 38.6 Å². The van der Waals surface area contributed by atoms with E-state index < -0.39 is 0 Å². The van der Waals surface area contributed by atoms with Gasteiger partial charge in [0.1, 0.15) is 5.70 Å². The summed E-state index contributed by atoms with van der Waals surface area (Å²) in [5.74, 6) is -0.0367. The first-order valence-corrected chi connectivity index (χ1v) is 5.77. The van der Waals surface area contributed by atoms with E-state index in [4.69, 9.17) is 0 Å². The van der Waals surface area contributed by atoms with E-state index in [1.54, 1.807) is 0 Å². The maximum Gasteiger partial charge on any atom is 0.212 e. The molecule has 3 aliphatic rings. The zero-order valence-corrected chi connectivity index (χ0v) is 10.2. The third-order valence-electron chi connectivity index (χ3n) is 3.60. The van der Waals surface area contributed by atoms with Gasteiger partial charge in [0.05, 0.1) is 0 Å². The number of hydrogen-bond acceptors (Lipinski definition) is 3. The molecule has 86 valence electrons. The summed E-state index contributed by atoms with van der Waals surface area (Å²) < 4.78 is 0. The summed E-state index contributed by atoms with van der Waals surface area (Å²) in [5.41, 5.74) is 5.13. The van der Waals surface area contributed by atoms with Crippen molar-refractivity contribution in [1.82, 2.24) is 0 Å². The summed E-state index contributed by atoms with van der Waals surface area (Å²) in [4.78, 5) is 28.9. The van der Waals surface area contributed by atoms with Crippen LogP contribution in [0.2, 0.25) is 0 Å². The van der Waals surface area contributed by atoms with Crippen molar-refractivity contribution in [2.45, 2.75) is 33.6 Å². The topological polar surface area (TPSA) is 46.5 Å². The Balaban J connectivity index is 2.26. The molecule has 0 N–H and O–H groups in total. The third kappa shape index (κ3) is 1.19. The highest BCUT2D eigenvalue weighted by molar-refractivity contribution is 6.33. The van der Waals surface area contributed by atoms with Crippen LogP contribution in [0.1, 0.15) is 33.6 Å². The van der Waals surface area contributed by atoms with Gasteiger partial charge >= 0.3 is 0 Å². The summed E-state index contributed by atoms with van der Waals surface area (Å²) in [6, 6.07) is 0. The van der Waals surface area contributed by atoms with E-state index >= 15 is 0 Å². The molecule has 0 aromatic heterocycles. The summed E-state index contributed by atoms with van der Waals surface area (Å²) >= 11 is 0. The first-order valence-electron chi connectivity index (χ1n) is 5.77. The molecule has 0 fully saturated rings. The highest BCUT2D eigenvalue weighted by Crippen LogP contribution is 2.42. The maximum atomic E-state index is 12.4.